The van der Waals surface area contributed by atoms with E-state index in [-0.39, 0.29) is 6.23 Å². The van der Waals surface area contributed by atoms with Crippen LogP contribution in [0, 0.1) is 0 Å². The Morgan fingerprint density at radius 3 is 2.27 bits per heavy atom. The van der Waals surface area contributed by atoms with Crippen molar-refractivity contribution in [3.63, 3.8) is 0 Å². The van der Waals surface area contributed by atoms with Gasteiger partial charge in [-0.2, -0.15) is 0 Å². The van der Waals surface area contributed by atoms with Crippen LogP contribution in [0.15, 0.2) is 0 Å². The molecule has 0 rings (SSSR count). The van der Waals surface area contributed by atoms with E-state index >= 15 is 0 Å². The van der Waals surface area contributed by atoms with Gasteiger partial charge in [0, 0.05) is 12.6 Å². The number of unbranched alkanes of at least 4 members (excludes halogenated alkanes) is 1. The molecule has 68 valence electrons. The van der Waals surface area contributed by atoms with E-state index in [2.05, 4.69) is 0 Å². The van der Waals surface area contributed by atoms with Crippen LogP contribution in [-0.4, -0.2) is 18.9 Å². The van der Waals surface area contributed by atoms with Crippen LogP contribution in [-0.2, 0) is 4.74 Å². The van der Waals surface area contributed by atoms with Gasteiger partial charge >= 0.3 is 0 Å². The molecule has 0 fully saturated rings. The van der Waals surface area contributed by atoms with E-state index in [4.69, 9.17) is 16.2 Å². The van der Waals surface area contributed by atoms with E-state index in [0.717, 1.165) is 25.9 Å². The molecule has 0 saturated heterocycles. The summed E-state index contributed by atoms with van der Waals surface area (Å²) in [7, 11) is 0. The van der Waals surface area contributed by atoms with Crippen LogP contribution in [0.3, 0.4) is 0 Å². The van der Waals surface area contributed by atoms with Gasteiger partial charge in [0.1, 0.15) is 6.23 Å². The van der Waals surface area contributed by atoms with Gasteiger partial charge < -0.3 is 16.2 Å². The molecule has 0 aliphatic heterocycles. The second kappa shape index (κ2) is 6.58. The molecule has 0 saturated carbocycles. The minimum Gasteiger partial charge on any atom is -0.364 e. The summed E-state index contributed by atoms with van der Waals surface area (Å²) < 4.78 is 5.16. The van der Waals surface area contributed by atoms with Crippen molar-refractivity contribution in [1.29, 1.82) is 0 Å². The fraction of sp³-hybridized carbons (Fsp3) is 1.00. The number of hydrogen-bond donors (Lipinski definition) is 2. The Morgan fingerprint density at radius 1 is 1.18 bits per heavy atom. The highest BCUT2D eigenvalue weighted by atomic mass is 16.5. The number of ether oxygens (including phenoxy) is 1. The fourth-order valence-corrected chi connectivity index (χ4v) is 0.838. The maximum atomic E-state index is 5.57. The van der Waals surface area contributed by atoms with Gasteiger partial charge in [0.15, 0.2) is 0 Å². The highest BCUT2D eigenvalue weighted by Gasteiger charge is 1.95. The molecule has 0 aliphatic rings. The predicted molar refractivity (Wildman–Crippen MR) is 47.1 cm³/mol. The molecule has 2 atom stereocenters. The molecule has 11 heavy (non-hydrogen) atoms. The second-order valence-corrected chi connectivity index (χ2v) is 3.05. The average molecular weight is 160 g/mol. The number of nitrogens with two attached hydrogens (primary N) is 2. The Bertz CT molecular complexity index is 74.2. The van der Waals surface area contributed by atoms with Crippen molar-refractivity contribution in [1.82, 2.24) is 0 Å². The molecule has 2 unspecified atom stereocenters. The molecule has 0 amide bonds. The second-order valence-electron chi connectivity index (χ2n) is 3.05. The van der Waals surface area contributed by atoms with Crippen LogP contribution in [0.5, 0.6) is 0 Å². The van der Waals surface area contributed by atoms with E-state index in [1.165, 1.54) is 0 Å². The van der Waals surface area contributed by atoms with Crippen LogP contribution in [0.1, 0.15) is 33.1 Å². The van der Waals surface area contributed by atoms with Gasteiger partial charge in [0.25, 0.3) is 0 Å². The molecule has 0 aromatic carbocycles. The first-order valence-electron chi connectivity index (χ1n) is 4.25. The van der Waals surface area contributed by atoms with E-state index in [1.54, 1.807) is 0 Å². The Morgan fingerprint density at radius 2 is 1.82 bits per heavy atom. The number of hydrogen-bond acceptors (Lipinski definition) is 3. The van der Waals surface area contributed by atoms with Crippen LogP contribution in [0.25, 0.3) is 0 Å². The monoisotopic (exact) mass is 160 g/mol. The molecule has 0 bridgehead atoms. The van der Waals surface area contributed by atoms with Crippen molar-refractivity contribution in [3.8, 4) is 0 Å². The first-order chi connectivity index (χ1) is 5.13. The van der Waals surface area contributed by atoms with Crippen molar-refractivity contribution in [2.45, 2.75) is 45.4 Å². The molecule has 0 heterocycles. The van der Waals surface area contributed by atoms with Crippen LogP contribution in [0.2, 0.25) is 0 Å². The summed E-state index contributed by atoms with van der Waals surface area (Å²) in [6, 6.07) is 0.310. The van der Waals surface area contributed by atoms with Crippen molar-refractivity contribution in [2.75, 3.05) is 6.61 Å². The predicted octanol–water partition coefficient (Wildman–Crippen LogP) is 0.825. The summed E-state index contributed by atoms with van der Waals surface area (Å²) in [5, 5.41) is 0. The molecule has 0 radical (unpaired) electrons. The van der Waals surface area contributed by atoms with Crippen LogP contribution >= 0.6 is 0 Å². The summed E-state index contributed by atoms with van der Waals surface area (Å²) in [6.45, 7) is 4.61. The average Bonchev–Trinajstić information content (AvgIpc) is 1.85. The van der Waals surface area contributed by atoms with Crippen molar-refractivity contribution >= 4 is 0 Å². The summed E-state index contributed by atoms with van der Waals surface area (Å²) >= 11 is 0. The van der Waals surface area contributed by atoms with Gasteiger partial charge in [-0.05, 0) is 33.1 Å². The quantitative estimate of drug-likeness (QED) is 0.447. The highest BCUT2D eigenvalue weighted by Crippen LogP contribution is 1.98. The zero-order valence-corrected chi connectivity index (χ0v) is 7.55. The zero-order valence-electron chi connectivity index (χ0n) is 7.55. The molecule has 3 nitrogen and oxygen atoms in total. The van der Waals surface area contributed by atoms with Crippen molar-refractivity contribution in [2.24, 2.45) is 11.5 Å². The van der Waals surface area contributed by atoms with Gasteiger partial charge in [-0.3, -0.25) is 0 Å². The number of rotatable bonds is 6. The van der Waals surface area contributed by atoms with E-state index in [9.17, 15) is 0 Å². The Kier molecular flexibility index (Phi) is 6.51. The molecule has 0 aromatic rings. The first kappa shape index (κ1) is 10.9. The minimum atomic E-state index is -0.134. The fourth-order valence-electron chi connectivity index (χ4n) is 0.838. The normalized spacial score (nSPS) is 16.4. The maximum absolute atomic E-state index is 5.57. The zero-order chi connectivity index (χ0) is 8.69. The third-order valence-corrected chi connectivity index (χ3v) is 1.43. The summed E-state index contributed by atoms with van der Waals surface area (Å²) in [6.07, 6.45) is 3.13. The van der Waals surface area contributed by atoms with Crippen LogP contribution in [0.4, 0.5) is 0 Å². The van der Waals surface area contributed by atoms with E-state index in [1.807, 2.05) is 13.8 Å². The Labute approximate surface area is 69.1 Å². The highest BCUT2D eigenvalue weighted by molar-refractivity contribution is 4.52. The van der Waals surface area contributed by atoms with Gasteiger partial charge in [0.05, 0.1) is 0 Å². The van der Waals surface area contributed by atoms with Gasteiger partial charge in [0.2, 0.25) is 0 Å². The maximum Gasteiger partial charge on any atom is 0.102 e. The Hall–Kier alpha value is -0.120. The topological polar surface area (TPSA) is 61.3 Å². The molecule has 4 N–H and O–H groups in total. The summed E-state index contributed by atoms with van der Waals surface area (Å²) in [5.41, 5.74) is 11.0. The molecule has 0 aliphatic carbocycles. The van der Waals surface area contributed by atoms with Gasteiger partial charge in [-0.15, -0.1) is 0 Å². The molecular formula is C8H20N2O. The van der Waals surface area contributed by atoms with Crippen LogP contribution < -0.4 is 11.5 Å². The van der Waals surface area contributed by atoms with Crippen molar-refractivity contribution < 1.29 is 4.74 Å². The van der Waals surface area contributed by atoms with E-state index in [0.29, 0.717) is 6.04 Å². The summed E-state index contributed by atoms with van der Waals surface area (Å²) in [4.78, 5) is 0. The standard InChI is InChI=1S/C8H20N2O/c1-7(9)5-3-4-6-11-8(2)10/h7-8H,3-6,9-10H2,1-2H3. The van der Waals surface area contributed by atoms with Crippen molar-refractivity contribution in [3.05, 3.63) is 0 Å². The van der Waals surface area contributed by atoms with Gasteiger partial charge in [-0.25, -0.2) is 0 Å². The SMILES string of the molecule is CC(N)CCCCOC(C)N. The Balaban J connectivity index is 2.91. The lowest BCUT2D eigenvalue weighted by Gasteiger charge is -2.07. The minimum absolute atomic E-state index is 0.134. The molecular weight excluding hydrogens is 140 g/mol. The van der Waals surface area contributed by atoms with E-state index < -0.39 is 0 Å². The lowest BCUT2D eigenvalue weighted by atomic mass is 10.1. The summed E-state index contributed by atoms with van der Waals surface area (Å²) in [5.74, 6) is 0. The smallest absolute Gasteiger partial charge is 0.102 e. The largest absolute Gasteiger partial charge is 0.364 e. The molecule has 3 heteroatoms. The van der Waals surface area contributed by atoms with Gasteiger partial charge in [-0.1, -0.05) is 0 Å². The lowest BCUT2D eigenvalue weighted by Crippen LogP contribution is -2.20. The third-order valence-electron chi connectivity index (χ3n) is 1.43. The lowest BCUT2D eigenvalue weighted by molar-refractivity contribution is 0.0676. The first-order valence-corrected chi connectivity index (χ1v) is 4.25. The molecule has 0 spiro atoms. The molecule has 0 aromatic heterocycles. The third kappa shape index (κ3) is 9.88.